The molecule has 3 atom stereocenters. The minimum absolute atomic E-state index is 0.131. The van der Waals surface area contributed by atoms with Crippen LogP contribution in [0.3, 0.4) is 0 Å². The van der Waals surface area contributed by atoms with Gasteiger partial charge in [0.25, 0.3) is 0 Å². The minimum atomic E-state index is -0.646. The number of carbonyl (C=O) groups excluding carboxylic acids is 1. The molecule has 1 N–H and O–H groups in total. The number of halogens is 2. The zero-order valence-electron chi connectivity index (χ0n) is 19.8. The molecule has 3 rings (SSSR count). The summed E-state index contributed by atoms with van der Waals surface area (Å²) in [6.45, 7) is 5.61. The highest BCUT2D eigenvalue weighted by molar-refractivity contribution is 6.30. The summed E-state index contributed by atoms with van der Waals surface area (Å²) in [7, 11) is 0. The van der Waals surface area contributed by atoms with Crippen molar-refractivity contribution in [1.82, 2.24) is 4.90 Å². The van der Waals surface area contributed by atoms with Gasteiger partial charge in [0.1, 0.15) is 5.82 Å². The third-order valence-electron chi connectivity index (χ3n) is 6.06. The van der Waals surface area contributed by atoms with Crippen LogP contribution < -0.4 is 0 Å². The Hall–Kier alpha value is -2.25. The zero-order chi connectivity index (χ0) is 24.5. The van der Waals surface area contributed by atoms with Crippen LogP contribution in [-0.4, -0.2) is 54.4 Å². The summed E-state index contributed by atoms with van der Waals surface area (Å²) in [5.41, 5.74) is 2.71. The van der Waals surface area contributed by atoms with E-state index in [0.29, 0.717) is 13.2 Å². The van der Waals surface area contributed by atoms with E-state index in [1.165, 1.54) is 12.1 Å². The van der Waals surface area contributed by atoms with Gasteiger partial charge in [0.05, 0.1) is 30.4 Å². The fourth-order valence-electron chi connectivity index (χ4n) is 4.36. The summed E-state index contributed by atoms with van der Waals surface area (Å²) in [5.74, 6) is -0.786. The second kappa shape index (κ2) is 13.0. The molecule has 0 saturated carbocycles. The van der Waals surface area contributed by atoms with Gasteiger partial charge in [0.2, 0.25) is 0 Å². The van der Waals surface area contributed by atoms with E-state index in [1.807, 2.05) is 37.3 Å². The summed E-state index contributed by atoms with van der Waals surface area (Å²) in [6, 6.07) is 12.9. The molecule has 0 radical (unpaired) electrons. The van der Waals surface area contributed by atoms with E-state index in [2.05, 4.69) is 4.90 Å². The molecule has 1 aliphatic rings. The van der Waals surface area contributed by atoms with Crippen LogP contribution in [0.2, 0.25) is 5.02 Å². The first-order chi connectivity index (χ1) is 16.4. The quantitative estimate of drug-likeness (QED) is 0.347. The Morgan fingerprint density at radius 1 is 1.32 bits per heavy atom. The number of esters is 1. The minimum Gasteiger partial charge on any atom is -0.463 e. The van der Waals surface area contributed by atoms with Crippen LogP contribution in [0.4, 0.5) is 4.39 Å². The van der Waals surface area contributed by atoms with E-state index in [-0.39, 0.29) is 29.7 Å². The maximum Gasteiger partial charge on any atom is 0.330 e. The molecule has 0 amide bonds. The molecule has 34 heavy (non-hydrogen) atoms. The first-order valence-corrected chi connectivity index (χ1v) is 12.2. The predicted molar refractivity (Wildman–Crippen MR) is 132 cm³/mol. The van der Waals surface area contributed by atoms with Gasteiger partial charge < -0.3 is 14.6 Å². The van der Waals surface area contributed by atoms with Gasteiger partial charge in [-0.15, -0.1) is 0 Å². The molecule has 0 aliphatic carbocycles. The van der Waals surface area contributed by atoms with Crippen molar-refractivity contribution in [2.24, 2.45) is 0 Å². The Morgan fingerprint density at radius 2 is 2.12 bits per heavy atom. The lowest BCUT2D eigenvalue weighted by Crippen LogP contribution is -2.39. The lowest BCUT2D eigenvalue weighted by atomic mass is 10.0. The molecule has 0 spiro atoms. The van der Waals surface area contributed by atoms with Crippen molar-refractivity contribution in [2.75, 3.05) is 26.3 Å². The number of carbonyl (C=O) groups is 1. The Balaban J connectivity index is 1.53. The lowest BCUT2D eigenvalue weighted by Gasteiger charge is -2.27. The standard InChI is InChI=1S/C27H33ClFNO4/c1-3-33-27(32)13-11-21-7-4-5-9-24(21)19(2)34-18-23(31)17-30-14-6-8-22(30)15-20-10-12-25(28)26(29)16-20/h4-5,7,9-13,16,19,22-23,31H,3,6,8,14-15,17-18H2,1-2H3/b13-11+/t19-,22+,23?/m1/s1. The molecule has 7 heteroatoms. The number of benzene rings is 2. The van der Waals surface area contributed by atoms with Gasteiger partial charge in [-0.1, -0.05) is 41.9 Å². The first-order valence-electron chi connectivity index (χ1n) is 11.8. The third kappa shape index (κ3) is 7.64. The number of hydrogen-bond acceptors (Lipinski definition) is 5. The van der Waals surface area contributed by atoms with E-state index < -0.39 is 11.9 Å². The van der Waals surface area contributed by atoms with Crippen LogP contribution >= 0.6 is 11.6 Å². The van der Waals surface area contributed by atoms with Crippen molar-refractivity contribution in [3.63, 3.8) is 0 Å². The predicted octanol–water partition coefficient (Wildman–Crippen LogP) is 5.20. The molecule has 5 nitrogen and oxygen atoms in total. The van der Waals surface area contributed by atoms with Gasteiger partial charge in [-0.05, 0) is 74.6 Å². The average molecular weight is 490 g/mol. The smallest absolute Gasteiger partial charge is 0.330 e. The van der Waals surface area contributed by atoms with Crippen LogP contribution in [0.25, 0.3) is 6.08 Å². The normalized spacial score (nSPS) is 18.3. The molecule has 1 unspecified atom stereocenters. The summed E-state index contributed by atoms with van der Waals surface area (Å²) in [6.07, 6.45) is 5.00. The maximum absolute atomic E-state index is 13.8. The molecule has 0 bridgehead atoms. The lowest BCUT2D eigenvalue weighted by molar-refractivity contribution is -0.137. The van der Waals surface area contributed by atoms with Crippen LogP contribution in [0.1, 0.15) is 49.5 Å². The van der Waals surface area contributed by atoms with E-state index >= 15 is 0 Å². The van der Waals surface area contributed by atoms with E-state index in [9.17, 15) is 14.3 Å². The second-order valence-electron chi connectivity index (χ2n) is 8.59. The first kappa shape index (κ1) is 26.4. The van der Waals surface area contributed by atoms with Crippen molar-refractivity contribution in [3.05, 3.63) is 76.1 Å². The number of nitrogens with zero attached hydrogens (tertiary/aromatic N) is 1. The van der Waals surface area contributed by atoms with Crippen molar-refractivity contribution < 1.29 is 23.8 Å². The number of β-amino-alcohol motifs (C(OH)–C–C–N with tert-alkyl or cyclic N) is 1. The highest BCUT2D eigenvalue weighted by atomic mass is 35.5. The molecule has 1 saturated heterocycles. The van der Waals surface area contributed by atoms with Crippen molar-refractivity contribution >= 4 is 23.6 Å². The Morgan fingerprint density at radius 3 is 2.88 bits per heavy atom. The maximum atomic E-state index is 13.8. The van der Waals surface area contributed by atoms with E-state index in [1.54, 1.807) is 19.1 Å². The number of hydrogen-bond donors (Lipinski definition) is 1. The highest BCUT2D eigenvalue weighted by Crippen LogP contribution is 2.25. The summed E-state index contributed by atoms with van der Waals surface area (Å²) in [5, 5.41) is 10.8. The number of aliphatic hydroxyl groups is 1. The van der Waals surface area contributed by atoms with E-state index in [4.69, 9.17) is 21.1 Å². The van der Waals surface area contributed by atoms with Gasteiger partial charge in [0, 0.05) is 18.7 Å². The molecule has 1 heterocycles. The molecule has 184 valence electrons. The molecule has 0 aromatic heterocycles. The number of ether oxygens (including phenoxy) is 2. The van der Waals surface area contributed by atoms with Gasteiger partial charge >= 0.3 is 5.97 Å². The molecule has 2 aromatic carbocycles. The summed E-state index contributed by atoms with van der Waals surface area (Å²) < 4.78 is 24.7. The van der Waals surface area contributed by atoms with Gasteiger partial charge in [-0.2, -0.15) is 0 Å². The van der Waals surface area contributed by atoms with Gasteiger partial charge in [-0.25, -0.2) is 9.18 Å². The topological polar surface area (TPSA) is 59.0 Å². The average Bonchev–Trinajstić information content (AvgIpc) is 3.25. The van der Waals surface area contributed by atoms with E-state index in [0.717, 1.165) is 42.5 Å². The Bertz CT molecular complexity index is 983. The number of rotatable bonds is 11. The molecule has 1 aliphatic heterocycles. The SMILES string of the molecule is CCOC(=O)/C=C/c1ccccc1[C@@H](C)OCC(O)CN1CCC[C@H]1Cc1ccc(Cl)c(F)c1. The second-order valence-corrected chi connectivity index (χ2v) is 8.99. The Kier molecular flexibility index (Phi) is 10.1. The molecule has 1 fully saturated rings. The van der Waals surface area contributed by atoms with Crippen molar-refractivity contribution in [1.29, 1.82) is 0 Å². The fourth-order valence-corrected chi connectivity index (χ4v) is 4.47. The number of likely N-dealkylation sites (tertiary alicyclic amines) is 1. The highest BCUT2D eigenvalue weighted by Gasteiger charge is 2.27. The largest absolute Gasteiger partial charge is 0.463 e. The van der Waals surface area contributed by atoms with Crippen molar-refractivity contribution in [2.45, 2.75) is 51.4 Å². The van der Waals surface area contributed by atoms with Crippen molar-refractivity contribution in [3.8, 4) is 0 Å². The fraction of sp³-hybridized carbons (Fsp3) is 0.444. The molecule has 2 aromatic rings. The van der Waals surface area contributed by atoms with Gasteiger partial charge in [0.15, 0.2) is 0 Å². The van der Waals surface area contributed by atoms with Crippen LogP contribution in [0, 0.1) is 5.82 Å². The summed E-state index contributed by atoms with van der Waals surface area (Å²) in [4.78, 5) is 13.9. The Labute approximate surface area is 206 Å². The third-order valence-corrected chi connectivity index (χ3v) is 6.36. The summed E-state index contributed by atoms with van der Waals surface area (Å²) >= 11 is 5.80. The van der Waals surface area contributed by atoms with Gasteiger partial charge in [-0.3, -0.25) is 4.90 Å². The molecular weight excluding hydrogens is 457 g/mol. The van der Waals surface area contributed by atoms with Crippen LogP contribution in [0.5, 0.6) is 0 Å². The number of aliphatic hydroxyl groups excluding tert-OH is 1. The zero-order valence-corrected chi connectivity index (χ0v) is 20.5. The monoisotopic (exact) mass is 489 g/mol. The van der Waals surface area contributed by atoms with Crippen LogP contribution in [-0.2, 0) is 20.7 Å². The van der Waals surface area contributed by atoms with Crippen LogP contribution in [0.15, 0.2) is 48.5 Å². The molecular formula is C27H33ClFNO4.